The normalized spacial score (nSPS) is 14.2. The van der Waals surface area contributed by atoms with Crippen molar-refractivity contribution >= 4 is 5.91 Å². The van der Waals surface area contributed by atoms with E-state index >= 15 is 0 Å². The van der Waals surface area contributed by atoms with Crippen LogP contribution in [0, 0.1) is 11.8 Å². The molecule has 4 heteroatoms. The minimum atomic E-state index is 0.00219. The number of aliphatic hydroxyl groups excluding tert-OH is 1. The predicted octanol–water partition coefficient (Wildman–Crippen LogP) is 1.05. The Morgan fingerprint density at radius 1 is 1.39 bits per heavy atom. The summed E-state index contributed by atoms with van der Waals surface area (Å²) in [4.78, 5) is 18.0. The first-order chi connectivity index (χ1) is 8.81. The van der Waals surface area contributed by atoms with Crippen LogP contribution in [0.1, 0.15) is 35.3 Å². The molecule has 1 saturated heterocycles. The summed E-state index contributed by atoms with van der Waals surface area (Å²) in [6.45, 7) is 1.73. The molecule has 1 aliphatic heterocycles. The van der Waals surface area contributed by atoms with Gasteiger partial charge in [0.15, 0.2) is 0 Å². The van der Waals surface area contributed by atoms with Gasteiger partial charge in [0.25, 0.3) is 5.91 Å². The Labute approximate surface area is 107 Å². The molecule has 2 heterocycles. The van der Waals surface area contributed by atoms with Gasteiger partial charge in [0.1, 0.15) is 5.69 Å². The first-order valence-corrected chi connectivity index (χ1v) is 6.16. The summed E-state index contributed by atoms with van der Waals surface area (Å²) in [5, 5.41) is 8.61. The van der Waals surface area contributed by atoms with Crippen molar-refractivity contribution in [3.05, 3.63) is 29.6 Å². The fraction of sp³-hybridized carbons (Fsp3) is 0.429. The number of carbonyl (C=O) groups is 1. The second-order valence-electron chi connectivity index (χ2n) is 4.21. The lowest BCUT2D eigenvalue weighted by molar-refractivity contribution is 0.0787. The molecule has 0 radical (unpaired) electrons. The Bertz CT molecular complexity index is 465. The van der Waals surface area contributed by atoms with Gasteiger partial charge in [0, 0.05) is 31.3 Å². The van der Waals surface area contributed by atoms with E-state index in [-0.39, 0.29) is 12.5 Å². The van der Waals surface area contributed by atoms with Gasteiger partial charge in [-0.3, -0.25) is 4.79 Å². The highest BCUT2D eigenvalue weighted by Crippen LogP contribution is 2.11. The van der Waals surface area contributed by atoms with Crippen LogP contribution in [0.25, 0.3) is 0 Å². The molecule has 2 rings (SSSR count). The lowest BCUT2D eigenvalue weighted by Gasteiger charge is -2.14. The van der Waals surface area contributed by atoms with Gasteiger partial charge in [-0.15, -0.1) is 0 Å². The van der Waals surface area contributed by atoms with Gasteiger partial charge >= 0.3 is 0 Å². The van der Waals surface area contributed by atoms with Crippen LogP contribution in [0.4, 0.5) is 0 Å². The molecule has 4 nitrogen and oxygen atoms in total. The number of pyridine rings is 1. The molecule has 0 spiro atoms. The lowest BCUT2D eigenvalue weighted by Crippen LogP contribution is -2.28. The fourth-order valence-corrected chi connectivity index (χ4v) is 1.90. The highest BCUT2D eigenvalue weighted by Gasteiger charge is 2.19. The van der Waals surface area contributed by atoms with Crippen LogP contribution in [-0.4, -0.2) is 40.6 Å². The zero-order chi connectivity index (χ0) is 12.8. The van der Waals surface area contributed by atoms with Gasteiger partial charge in [-0.05, 0) is 25.0 Å². The monoisotopic (exact) mass is 244 g/mol. The van der Waals surface area contributed by atoms with Crippen molar-refractivity contribution in [3.63, 3.8) is 0 Å². The van der Waals surface area contributed by atoms with E-state index in [2.05, 4.69) is 16.8 Å². The largest absolute Gasteiger partial charge is 0.395 e. The average molecular weight is 244 g/mol. The van der Waals surface area contributed by atoms with E-state index in [1.807, 2.05) is 4.90 Å². The van der Waals surface area contributed by atoms with Crippen molar-refractivity contribution in [3.8, 4) is 11.8 Å². The van der Waals surface area contributed by atoms with E-state index in [0.717, 1.165) is 31.5 Å². The molecular formula is C14H16N2O2. The van der Waals surface area contributed by atoms with E-state index < -0.39 is 0 Å². The third-order valence-electron chi connectivity index (χ3n) is 2.85. The molecule has 1 aromatic rings. The molecule has 1 aromatic heterocycles. The molecule has 0 aliphatic carbocycles. The molecule has 1 fully saturated rings. The van der Waals surface area contributed by atoms with Crippen LogP contribution in [0.3, 0.4) is 0 Å². The van der Waals surface area contributed by atoms with Gasteiger partial charge in [-0.2, -0.15) is 0 Å². The van der Waals surface area contributed by atoms with Crippen LogP contribution < -0.4 is 0 Å². The SMILES string of the molecule is O=C(c1ccc(C#CCCO)cn1)N1CCCC1. The Hall–Kier alpha value is -1.86. The van der Waals surface area contributed by atoms with Crippen molar-refractivity contribution in [1.29, 1.82) is 0 Å². The topological polar surface area (TPSA) is 53.4 Å². The summed E-state index contributed by atoms with van der Waals surface area (Å²) < 4.78 is 0. The first-order valence-electron chi connectivity index (χ1n) is 6.16. The number of rotatable bonds is 2. The smallest absolute Gasteiger partial charge is 0.272 e. The number of aliphatic hydroxyl groups is 1. The van der Waals surface area contributed by atoms with E-state index in [1.54, 1.807) is 18.3 Å². The lowest BCUT2D eigenvalue weighted by atomic mass is 10.2. The van der Waals surface area contributed by atoms with Gasteiger partial charge in [0.2, 0.25) is 0 Å². The second-order valence-corrected chi connectivity index (χ2v) is 4.21. The number of carbonyl (C=O) groups excluding carboxylic acids is 1. The van der Waals surface area contributed by atoms with Crippen molar-refractivity contribution in [2.75, 3.05) is 19.7 Å². The molecule has 0 unspecified atom stereocenters. The van der Waals surface area contributed by atoms with Gasteiger partial charge in [0.05, 0.1) is 6.61 Å². The third-order valence-corrected chi connectivity index (χ3v) is 2.85. The number of likely N-dealkylation sites (tertiary alicyclic amines) is 1. The van der Waals surface area contributed by atoms with Crippen molar-refractivity contribution in [1.82, 2.24) is 9.88 Å². The molecule has 1 aliphatic rings. The number of aromatic nitrogens is 1. The maximum atomic E-state index is 12.0. The second kappa shape index (κ2) is 6.18. The molecule has 0 saturated carbocycles. The quantitative estimate of drug-likeness (QED) is 0.791. The van der Waals surface area contributed by atoms with Crippen molar-refractivity contribution in [2.24, 2.45) is 0 Å². The molecule has 1 N–H and O–H groups in total. The Morgan fingerprint density at radius 2 is 2.17 bits per heavy atom. The highest BCUT2D eigenvalue weighted by molar-refractivity contribution is 5.92. The summed E-state index contributed by atoms with van der Waals surface area (Å²) in [5.74, 6) is 5.71. The Morgan fingerprint density at radius 3 is 2.78 bits per heavy atom. The molecule has 0 aromatic carbocycles. The molecule has 0 atom stereocenters. The summed E-state index contributed by atoms with van der Waals surface area (Å²) in [6.07, 6.45) is 4.22. The number of amides is 1. The van der Waals surface area contributed by atoms with Crippen LogP contribution in [0.5, 0.6) is 0 Å². The maximum Gasteiger partial charge on any atom is 0.272 e. The van der Waals surface area contributed by atoms with Crippen molar-refractivity contribution < 1.29 is 9.90 Å². The first kappa shape index (κ1) is 12.6. The van der Waals surface area contributed by atoms with Gasteiger partial charge in [-0.1, -0.05) is 11.8 Å². The van der Waals surface area contributed by atoms with Crippen molar-refractivity contribution in [2.45, 2.75) is 19.3 Å². The fourth-order valence-electron chi connectivity index (χ4n) is 1.90. The zero-order valence-electron chi connectivity index (χ0n) is 10.2. The predicted molar refractivity (Wildman–Crippen MR) is 68.0 cm³/mol. The van der Waals surface area contributed by atoms with Crippen LogP contribution in [-0.2, 0) is 0 Å². The van der Waals surface area contributed by atoms with Crippen LogP contribution in [0.15, 0.2) is 18.3 Å². The Kier molecular flexibility index (Phi) is 4.32. The summed E-state index contributed by atoms with van der Waals surface area (Å²) in [6, 6.07) is 3.50. The number of hydrogen-bond donors (Lipinski definition) is 1. The summed E-state index contributed by atoms with van der Waals surface area (Å²) >= 11 is 0. The maximum absolute atomic E-state index is 12.0. The van der Waals surface area contributed by atoms with Gasteiger partial charge in [-0.25, -0.2) is 4.98 Å². The minimum Gasteiger partial charge on any atom is -0.395 e. The van der Waals surface area contributed by atoms with E-state index in [9.17, 15) is 4.79 Å². The molecule has 0 bridgehead atoms. The molecular weight excluding hydrogens is 228 g/mol. The van der Waals surface area contributed by atoms with Crippen LogP contribution >= 0.6 is 0 Å². The van der Waals surface area contributed by atoms with E-state index in [0.29, 0.717) is 12.1 Å². The average Bonchev–Trinajstić information content (AvgIpc) is 2.93. The molecule has 94 valence electrons. The Balaban J connectivity index is 2.03. The molecule has 1 amide bonds. The molecule has 18 heavy (non-hydrogen) atoms. The zero-order valence-corrected chi connectivity index (χ0v) is 10.2. The van der Waals surface area contributed by atoms with Gasteiger partial charge < -0.3 is 10.0 Å². The minimum absolute atomic E-state index is 0.00219. The standard InChI is InChI=1S/C14H16N2O2/c17-10-4-1-5-12-6-7-13(15-11-12)14(18)16-8-2-3-9-16/h6-7,11,17H,2-4,8-10H2. The number of nitrogens with zero attached hydrogens (tertiary/aromatic N) is 2. The van der Waals surface area contributed by atoms with Crippen LogP contribution in [0.2, 0.25) is 0 Å². The van der Waals surface area contributed by atoms with E-state index in [4.69, 9.17) is 5.11 Å². The summed E-state index contributed by atoms with van der Waals surface area (Å²) in [5.41, 5.74) is 1.24. The third kappa shape index (κ3) is 3.08. The summed E-state index contributed by atoms with van der Waals surface area (Å²) in [7, 11) is 0. The highest BCUT2D eigenvalue weighted by atomic mass is 16.2. The number of hydrogen-bond acceptors (Lipinski definition) is 3. The van der Waals surface area contributed by atoms with E-state index in [1.165, 1.54) is 0 Å².